The van der Waals surface area contributed by atoms with E-state index in [-0.39, 0.29) is 29.7 Å². The van der Waals surface area contributed by atoms with Gasteiger partial charge in [-0.2, -0.15) is 0 Å². The highest BCUT2D eigenvalue weighted by Gasteiger charge is 2.27. The Morgan fingerprint density at radius 3 is 2.75 bits per heavy atom. The van der Waals surface area contributed by atoms with E-state index in [1.54, 1.807) is 0 Å². The van der Waals surface area contributed by atoms with Gasteiger partial charge in [0, 0.05) is 5.69 Å². The maximum absolute atomic E-state index is 12.9. The first-order valence-corrected chi connectivity index (χ1v) is 9.76. The lowest BCUT2D eigenvalue weighted by Crippen LogP contribution is -2.31. The molecular weight excluding hydrogens is 402 g/mol. The number of hydrogen-bond donors (Lipinski definition) is 2. The predicted molar refractivity (Wildman–Crippen MR) is 113 cm³/mol. The van der Waals surface area contributed by atoms with Crippen molar-refractivity contribution >= 4 is 41.5 Å². The molecule has 1 aliphatic carbocycles. The molecule has 3 rings (SSSR count). The van der Waals surface area contributed by atoms with Crippen LogP contribution in [0.1, 0.15) is 40.4 Å². The molecule has 0 saturated carbocycles. The van der Waals surface area contributed by atoms with Gasteiger partial charge in [-0.25, -0.2) is 0 Å². The summed E-state index contributed by atoms with van der Waals surface area (Å²) in [6.07, 6.45) is 4.43. The van der Waals surface area contributed by atoms with Crippen molar-refractivity contribution < 1.29 is 14.5 Å². The summed E-state index contributed by atoms with van der Waals surface area (Å²) < 4.78 is 5.20. The van der Waals surface area contributed by atoms with E-state index in [1.165, 1.54) is 31.0 Å². The quantitative estimate of drug-likeness (QED) is 0.324. The van der Waals surface area contributed by atoms with Gasteiger partial charge in [0.15, 0.2) is 0 Å². The Morgan fingerprint density at radius 2 is 2.11 bits per heavy atom. The number of fused-ring (bicyclic) bond motifs is 1. The number of nitro groups is 1. The number of benzene rings is 2. The summed E-state index contributed by atoms with van der Waals surface area (Å²) in [6, 6.07) is 8.28. The van der Waals surface area contributed by atoms with Crippen LogP contribution < -0.4 is 15.8 Å². The van der Waals surface area contributed by atoms with Crippen LogP contribution in [0, 0.1) is 10.1 Å². The van der Waals surface area contributed by atoms with Gasteiger partial charge < -0.3 is 15.8 Å². The van der Waals surface area contributed by atoms with Gasteiger partial charge in [-0.3, -0.25) is 14.9 Å². The van der Waals surface area contributed by atoms with Crippen molar-refractivity contribution in [1.82, 2.24) is 5.32 Å². The van der Waals surface area contributed by atoms with Crippen molar-refractivity contribution in [2.75, 3.05) is 19.1 Å². The number of carbonyl (C=O) groups is 1. The number of hydrogen-bond acceptors (Lipinski definition) is 6. The third kappa shape index (κ3) is 4.34. The molecule has 0 bridgehead atoms. The number of nitrogens with one attached hydrogen (secondary N) is 1. The zero-order valence-electron chi connectivity index (χ0n) is 15.6. The number of nitrogens with zero attached hydrogens (tertiary/aromatic N) is 1. The van der Waals surface area contributed by atoms with E-state index in [2.05, 4.69) is 5.32 Å². The number of nitrogens with two attached hydrogens (primary N) is 1. The van der Waals surface area contributed by atoms with E-state index in [0.29, 0.717) is 16.3 Å². The second kappa shape index (κ2) is 9.16. The highest BCUT2D eigenvalue weighted by Crippen LogP contribution is 2.36. The van der Waals surface area contributed by atoms with Crippen LogP contribution in [0.3, 0.4) is 0 Å². The first-order chi connectivity index (χ1) is 12.9. The van der Waals surface area contributed by atoms with Crippen LogP contribution in [0.5, 0.6) is 5.75 Å². The summed E-state index contributed by atoms with van der Waals surface area (Å²) in [7, 11) is 1.45. The van der Waals surface area contributed by atoms with Gasteiger partial charge in [-0.15, -0.1) is 24.2 Å². The number of thioether (sulfide) groups is 1. The smallest absolute Gasteiger partial charge is 0.285 e. The number of halogens is 1. The molecule has 0 fully saturated rings. The molecule has 0 aliphatic heterocycles. The van der Waals surface area contributed by atoms with Crippen molar-refractivity contribution in [1.29, 1.82) is 0 Å². The maximum atomic E-state index is 12.9. The van der Waals surface area contributed by atoms with Crippen LogP contribution in [-0.4, -0.2) is 24.2 Å². The van der Waals surface area contributed by atoms with Crippen LogP contribution in [0.2, 0.25) is 0 Å². The molecule has 0 saturated heterocycles. The molecule has 7 nitrogen and oxygen atoms in total. The topological polar surface area (TPSA) is 107 Å². The van der Waals surface area contributed by atoms with Gasteiger partial charge in [-0.1, -0.05) is 6.07 Å². The second-order valence-corrected chi connectivity index (χ2v) is 7.21. The Balaban J connectivity index is 0.00000280. The molecule has 0 spiro atoms. The molecule has 28 heavy (non-hydrogen) atoms. The second-order valence-electron chi connectivity index (χ2n) is 6.36. The first-order valence-electron chi connectivity index (χ1n) is 8.54. The highest BCUT2D eigenvalue weighted by molar-refractivity contribution is 7.98. The van der Waals surface area contributed by atoms with E-state index in [0.717, 1.165) is 30.4 Å². The van der Waals surface area contributed by atoms with Crippen LogP contribution in [0.25, 0.3) is 0 Å². The zero-order valence-corrected chi connectivity index (χ0v) is 17.2. The van der Waals surface area contributed by atoms with Crippen molar-refractivity contribution in [2.24, 2.45) is 0 Å². The summed E-state index contributed by atoms with van der Waals surface area (Å²) in [6.45, 7) is 0. The molecule has 1 amide bonds. The number of nitro benzene ring substituents is 1. The SMILES string of the molecule is COc1cc([N+](=O)[O-])c(C(=O)NC2CCCc3cc(N)ccc32)cc1SC.Cl. The van der Waals surface area contributed by atoms with E-state index in [1.807, 2.05) is 24.5 Å². The summed E-state index contributed by atoms with van der Waals surface area (Å²) in [5, 5.41) is 14.4. The van der Waals surface area contributed by atoms with Crippen molar-refractivity contribution in [3.8, 4) is 5.75 Å². The fourth-order valence-electron chi connectivity index (χ4n) is 3.42. The van der Waals surface area contributed by atoms with E-state index < -0.39 is 10.8 Å². The predicted octanol–water partition coefficient (Wildman–Crippen LogP) is 4.14. The molecule has 2 aromatic rings. The lowest BCUT2D eigenvalue weighted by molar-refractivity contribution is -0.385. The minimum atomic E-state index is -0.558. The van der Waals surface area contributed by atoms with Gasteiger partial charge in [-0.05, 0) is 54.8 Å². The Bertz CT molecular complexity index is 907. The van der Waals surface area contributed by atoms with Gasteiger partial charge in [0.25, 0.3) is 11.6 Å². The van der Waals surface area contributed by atoms with Crippen LogP contribution >= 0.6 is 24.2 Å². The van der Waals surface area contributed by atoms with Gasteiger partial charge >= 0.3 is 0 Å². The lowest BCUT2D eigenvalue weighted by atomic mass is 9.87. The molecule has 1 aliphatic rings. The molecule has 0 heterocycles. The standard InChI is InChI=1S/C19H21N3O4S.ClH/c1-26-17-10-16(22(24)25)14(9-18(17)27-2)19(23)21-15-5-3-4-11-8-12(20)6-7-13(11)15;/h6-10,15H,3-5,20H2,1-2H3,(H,21,23);1H. The third-order valence-corrected chi connectivity index (χ3v) is 5.49. The first kappa shape index (κ1) is 21.8. The van der Waals surface area contributed by atoms with E-state index >= 15 is 0 Å². The zero-order chi connectivity index (χ0) is 19.6. The molecule has 9 heteroatoms. The Kier molecular flexibility index (Phi) is 7.15. The lowest BCUT2D eigenvalue weighted by Gasteiger charge is -2.26. The monoisotopic (exact) mass is 423 g/mol. The molecular formula is C19H22ClN3O4S. The number of amides is 1. The number of anilines is 1. The van der Waals surface area contributed by atoms with Crippen molar-refractivity contribution in [3.63, 3.8) is 0 Å². The number of ether oxygens (including phenoxy) is 1. The molecule has 1 atom stereocenters. The average Bonchev–Trinajstić information content (AvgIpc) is 2.66. The number of rotatable bonds is 5. The van der Waals surface area contributed by atoms with Gasteiger partial charge in [0.05, 0.1) is 29.0 Å². The molecule has 0 aromatic heterocycles. The number of carbonyl (C=O) groups excluding carboxylic acids is 1. The molecule has 1 unspecified atom stereocenters. The van der Waals surface area contributed by atoms with E-state index in [4.69, 9.17) is 10.5 Å². The Morgan fingerprint density at radius 1 is 1.36 bits per heavy atom. The highest BCUT2D eigenvalue weighted by atomic mass is 35.5. The Labute approximate surface area is 173 Å². The average molecular weight is 424 g/mol. The largest absolute Gasteiger partial charge is 0.495 e. The minimum Gasteiger partial charge on any atom is -0.495 e. The fraction of sp³-hybridized carbons (Fsp3) is 0.316. The summed E-state index contributed by atoms with van der Waals surface area (Å²) >= 11 is 1.37. The third-order valence-electron chi connectivity index (χ3n) is 4.73. The summed E-state index contributed by atoms with van der Waals surface area (Å²) in [4.78, 5) is 24.5. The molecule has 0 radical (unpaired) electrons. The van der Waals surface area contributed by atoms with Gasteiger partial charge in [0.1, 0.15) is 11.3 Å². The number of aryl methyl sites for hydroxylation is 1. The molecule has 3 N–H and O–H groups in total. The summed E-state index contributed by atoms with van der Waals surface area (Å²) in [5.41, 5.74) is 8.44. The van der Waals surface area contributed by atoms with Crippen molar-refractivity contribution in [2.45, 2.75) is 30.2 Å². The van der Waals surface area contributed by atoms with Crippen molar-refractivity contribution in [3.05, 3.63) is 57.1 Å². The van der Waals surface area contributed by atoms with Crippen LogP contribution in [-0.2, 0) is 6.42 Å². The minimum absolute atomic E-state index is 0. The number of nitrogen functional groups attached to an aromatic ring is 1. The molecule has 150 valence electrons. The Hall–Kier alpha value is -2.45. The number of methoxy groups -OCH3 is 1. The fourth-order valence-corrected chi connectivity index (χ4v) is 4.00. The normalized spacial score (nSPS) is 15.1. The maximum Gasteiger partial charge on any atom is 0.285 e. The summed E-state index contributed by atoms with van der Waals surface area (Å²) in [5.74, 6) is -0.0847. The van der Waals surface area contributed by atoms with E-state index in [9.17, 15) is 14.9 Å². The van der Waals surface area contributed by atoms with Crippen LogP contribution in [0.15, 0.2) is 35.2 Å². The van der Waals surface area contributed by atoms with Gasteiger partial charge in [0.2, 0.25) is 0 Å². The van der Waals surface area contributed by atoms with Crippen LogP contribution in [0.4, 0.5) is 11.4 Å². The molecule has 2 aromatic carbocycles.